The van der Waals surface area contributed by atoms with Crippen LogP contribution in [0.5, 0.6) is 0 Å². The monoisotopic (exact) mass is 143 g/mol. The number of ether oxygens (including phenoxy) is 1. The van der Waals surface area contributed by atoms with Gasteiger partial charge in [0.2, 0.25) is 0 Å². The van der Waals surface area contributed by atoms with Crippen LogP contribution in [-0.4, -0.2) is 18.4 Å². The molecule has 1 heterocycles. The van der Waals surface area contributed by atoms with E-state index in [1.807, 2.05) is 13.8 Å². The molecule has 3 nitrogen and oxygen atoms in total. The Hall–Kier alpha value is -0.860. The van der Waals surface area contributed by atoms with E-state index in [1.165, 1.54) is 0 Å². The summed E-state index contributed by atoms with van der Waals surface area (Å²) in [4.78, 5) is 14.1. The molecule has 0 saturated carbocycles. The van der Waals surface area contributed by atoms with Crippen LogP contribution in [0.4, 0.5) is 0 Å². The molecular weight excluding hydrogens is 130 g/mol. The van der Waals surface area contributed by atoms with Crippen LogP contribution >= 0.6 is 0 Å². The van der Waals surface area contributed by atoms with Crippen LogP contribution in [0, 0.1) is 5.92 Å². The molecule has 0 saturated heterocycles. The van der Waals surface area contributed by atoms with Crippen LogP contribution in [0.1, 0.15) is 21.3 Å². The predicted molar refractivity (Wildman–Crippen MR) is 40.0 cm³/mol. The summed E-state index contributed by atoms with van der Waals surface area (Å²) in [5.41, 5.74) is 0. The van der Waals surface area contributed by atoms with Gasteiger partial charge in [0.15, 0.2) is 12.5 Å². The van der Waals surface area contributed by atoms with Crippen molar-refractivity contribution in [1.29, 1.82) is 0 Å². The van der Waals surface area contributed by atoms with Crippen molar-refractivity contribution < 1.29 is 9.53 Å². The minimum Gasteiger partial charge on any atom is -0.470 e. The van der Waals surface area contributed by atoms with Crippen LogP contribution in [0.15, 0.2) is 4.99 Å². The number of rotatable bonds is 1. The van der Waals surface area contributed by atoms with E-state index in [0.29, 0.717) is 5.90 Å². The number of aliphatic imine (C=N–C) groups is 1. The number of amides is 1. The third kappa shape index (κ3) is 1.83. The third-order valence-corrected chi connectivity index (χ3v) is 1.07. The van der Waals surface area contributed by atoms with Gasteiger partial charge in [0, 0.05) is 5.92 Å². The molecule has 3 heteroatoms. The van der Waals surface area contributed by atoms with Gasteiger partial charge in [0.1, 0.15) is 0 Å². The minimum absolute atomic E-state index is 0. The van der Waals surface area contributed by atoms with Crippen LogP contribution in [0.2, 0.25) is 0 Å². The van der Waals surface area contributed by atoms with E-state index in [0.717, 1.165) is 0 Å². The Balaban J connectivity index is 0.000000810. The highest BCUT2D eigenvalue weighted by Crippen LogP contribution is 2.04. The summed E-state index contributed by atoms with van der Waals surface area (Å²) in [6.07, 6.45) is 0. The molecule has 1 amide bonds. The second kappa shape index (κ2) is 3.34. The number of hydrogen-bond donors (Lipinski definition) is 0. The Labute approximate surface area is 61.1 Å². The van der Waals surface area contributed by atoms with E-state index in [4.69, 9.17) is 4.74 Å². The SMILES string of the molecule is C.CC(C)C1=NC(=O)CO1. The highest BCUT2D eigenvalue weighted by Gasteiger charge is 2.16. The average molecular weight is 143 g/mol. The quantitative estimate of drug-likeness (QED) is 0.553. The zero-order chi connectivity index (χ0) is 6.85. The van der Waals surface area contributed by atoms with Gasteiger partial charge in [-0.05, 0) is 0 Å². The minimum atomic E-state index is -0.168. The molecule has 0 aromatic heterocycles. The van der Waals surface area contributed by atoms with Crippen molar-refractivity contribution in [3.63, 3.8) is 0 Å². The fourth-order valence-corrected chi connectivity index (χ4v) is 0.619. The Morgan fingerprint density at radius 2 is 2.20 bits per heavy atom. The molecular formula is C7H13NO2. The number of carbonyl (C=O) groups excluding carboxylic acids is 1. The Bertz CT molecular complexity index is 161. The molecule has 0 N–H and O–H groups in total. The topological polar surface area (TPSA) is 38.7 Å². The second-order valence-electron chi connectivity index (χ2n) is 2.29. The highest BCUT2D eigenvalue weighted by atomic mass is 16.5. The molecule has 0 spiro atoms. The molecule has 0 aromatic carbocycles. The van der Waals surface area contributed by atoms with Gasteiger partial charge < -0.3 is 4.74 Å². The van der Waals surface area contributed by atoms with Gasteiger partial charge in [0.05, 0.1) is 0 Å². The summed E-state index contributed by atoms with van der Waals surface area (Å²) in [7, 11) is 0. The zero-order valence-electron chi connectivity index (χ0n) is 5.55. The van der Waals surface area contributed by atoms with Crippen molar-refractivity contribution in [1.82, 2.24) is 0 Å². The summed E-state index contributed by atoms with van der Waals surface area (Å²) >= 11 is 0. The Morgan fingerprint density at radius 1 is 1.60 bits per heavy atom. The van der Waals surface area contributed by atoms with Gasteiger partial charge in [-0.15, -0.1) is 0 Å². The van der Waals surface area contributed by atoms with Crippen molar-refractivity contribution >= 4 is 11.8 Å². The van der Waals surface area contributed by atoms with Gasteiger partial charge >= 0.3 is 0 Å². The van der Waals surface area contributed by atoms with E-state index >= 15 is 0 Å². The lowest BCUT2D eigenvalue weighted by Gasteiger charge is -2.00. The van der Waals surface area contributed by atoms with Gasteiger partial charge in [0.25, 0.3) is 5.91 Å². The summed E-state index contributed by atoms with van der Waals surface area (Å²) in [6.45, 7) is 4.02. The zero-order valence-corrected chi connectivity index (χ0v) is 5.55. The maximum atomic E-state index is 10.4. The van der Waals surface area contributed by atoms with Gasteiger partial charge in [-0.2, -0.15) is 4.99 Å². The standard InChI is InChI=1S/C6H9NO2.CH4/c1-4(2)6-7-5(8)3-9-6;/h4H,3H2,1-2H3;1H4. The number of hydrogen-bond acceptors (Lipinski definition) is 2. The first-order valence-electron chi connectivity index (χ1n) is 2.94. The molecule has 0 bridgehead atoms. The van der Waals surface area contributed by atoms with Crippen LogP contribution in [-0.2, 0) is 9.53 Å². The van der Waals surface area contributed by atoms with Crippen LogP contribution < -0.4 is 0 Å². The number of nitrogens with zero attached hydrogens (tertiary/aromatic N) is 1. The largest absolute Gasteiger partial charge is 0.470 e. The van der Waals surface area contributed by atoms with Crippen molar-refractivity contribution in [2.45, 2.75) is 21.3 Å². The normalized spacial score (nSPS) is 16.3. The van der Waals surface area contributed by atoms with E-state index in [9.17, 15) is 4.79 Å². The van der Waals surface area contributed by atoms with E-state index in [1.54, 1.807) is 0 Å². The molecule has 0 fully saturated rings. The summed E-state index contributed by atoms with van der Waals surface area (Å²) < 4.78 is 4.93. The van der Waals surface area contributed by atoms with Crippen molar-refractivity contribution in [2.24, 2.45) is 10.9 Å². The van der Waals surface area contributed by atoms with Crippen LogP contribution in [0.3, 0.4) is 0 Å². The lowest BCUT2D eigenvalue weighted by molar-refractivity contribution is -0.118. The molecule has 10 heavy (non-hydrogen) atoms. The molecule has 0 radical (unpaired) electrons. The maximum absolute atomic E-state index is 10.4. The predicted octanol–water partition coefficient (Wildman–Crippen LogP) is 1.23. The Kier molecular flexibility index (Phi) is 3.06. The fraction of sp³-hybridized carbons (Fsp3) is 0.714. The average Bonchev–Trinajstić information content (AvgIpc) is 2.14. The highest BCUT2D eigenvalue weighted by molar-refractivity contribution is 5.97. The van der Waals surface area contributed by atoms with Gasteiger partial charge in [-0.1, -0.05) is 21.3 Å². The molecule has 0 atom stereocenters. The van der Waals surface area contributed by atoms with E-state index < -0.39 is 0 Å². The van der Waals surface area contributed by atoms with Crippen molar-refractivity contribution in [3.05, 3.63) is 0 Å². The smallest absolute Gasteiger partial charge is 0.286 e. The van der Waals surface area contributed by atoms with Crippen molar-refractivity contribution in [3.8, 4) is 0 Å². The first-order chi connectivity index (χ1) is 4.20. The molecule has 0 aliphatic carbocycles. The number of carbonyl (C=O) groups is 1. The molecule has 0 unspecified atom stereocenters. The summed E-state index contributed by atoms with van der Waals surface area (Å²) in [5, 5.41) is 0. The maximum Gasteiger partial charge on any atom is 0.286 e. The fourth-order valence-electron chi connectivity index (χ4n) is 0.619. The second-order valence-corrected chi connectivity index (χ2v) is 2.29. The van der Waals surface area contributed by atoms with Crippen LogP contribution in [0.25, 0.3) is 0 Å². The summed E-state index contributed by atoms with van der Waals surface area (Å²) in [5.74, 6) is 0.634. The third-order valence-electron chi connectivity index (χ3n) is 1.07. The summed E-state index contributed by atoms with van der Waals surface area (Å²) in [6, 6.07) is 0. The first-order valence-corrected chi connectivity index (χ1v) is 2.94. The lowest BCUT2D eigenvalue weighted by Crippen LogP contribution is -2.06. The molecule has 58 valence electrons. The van der Waals surface area contributed by atoms with Crippen molar-refractivity contribution in [2.75, 3.05) is 6.61 Å². The van der Waals surface area contributed by atoms with E-state index in [-0.39, 0.29) is 25.9 Å². The Morgan fingerprint density at radius 3 is 2.40 bits per heavy atom. The lowest BCUT2D eigenvalue weighted by atomic mass is 10.2. The molecule has 1 aliphatic heterocycles. The van der Waals surface area contributed by atoms with E-state index in [2.05, 4.69) is 4.99 Å². The molecule has 0 aromatic rings. The molecule has 1 aliphatic rings. The van der Waals surface area contributed by atoms with Gasteiger partial charge in [-0.3, -0.25) is 4.79 Å². The van der Waals surface area contributed by atoms with Gasteiger partial charge in [-0.25, -0.2) is 0 Å². The first kappa shape index (κ1) is 9.14. The molecule has 1 rings (SSSR count).